The molecule has 1 heterocycles. The first-order valence-corrected chi connectivity index (χ1v) is 6.46. The van der Waals surface area contributed by atoms with Crippen LogP contribution in [-0.2, 0) is 19.1 Å². The van der Waals surface area contributed by atoms with Crippen LogP contribution in [0.3, 0.4) is 0 Å². The van der Waals surface area contributed by atoms with Crippen molar-refractivity contribution in [2.24, 2.45) is 0 Å². The number of nitrogens with zero attached hydrogens (tertiary/aromatic N) is 1. The maximum Gasteiger partial charge on any atom is 0.246 e. The van der Waals surface area contributed by atoms with Crippen molar-refractivity contribution >= 4 is 17.7 Å². The number of carbonyl (C=O) groups excluding carboxylic acids is 3. The molecule has 0 spiro atoms. The fourth-order valence-electron chi connectivity index (χ4n) is 1.85. The van der Waals surface area contributed by atoms with Gasteiger partial charge in [-0.05, 0) is 14.0 Å². The third-order valence-corrected chi connectivity index (χ3v) is 2.93. The van der Waals surface area contributed by atoms with Crippen molar-refractivity contribution in [1.82, 2.24) is 15.5 Å². The smallest absolute Gasteiger partial charge is 0.246 e. The summed E-state index contributed by atoms with van der Waals surface area (Å²) in [4.78, 5) is 36.0. The first-order valence-electron chi connectivity index (χ1n) is 6.46. The quantitative estimate of drug-likeness (QED) is 0.431. The Morgan fingerprint density at radius 2 is 2.21 bits per heavy atom. The van der Waals surface area contributed by atoms with Crippen LogP contribution < -0.4 is 10.6 Å². The molecule has 1 unspecified atom stereocenters. The SMILES string of the molecule is CCOCCNC(=O)CCN1C(=O)CC(NC)C1=O. The summed E-state index contributed by atoms with van der Waals surface area (Å²) in [5, 5.41) is 5.45. The Balaban J connectivity index is 2.26. The van der Waals surface area contributed by atoms with Crippen LogP contribution in [0.1, 0.15) is 19.8 Å². The molecule has 1 saturated heterocycles. The van der Waals surface area contributed by atoms with Crippen LogP contribution in [0.5, 0.6) is 0 Å². The number of likely N-dealkylation sites (tertiary alicyclic amines) is 1. The first kappa shape index (κ1) is 15.6. The molecule has 0 bridgehead atoms. The number of nitrogens with one attached hydrogen (secondary N) is 2. The summed E-state index contributed by atoms with van der Waals surface area (Å²) in [6.45, 7) is 3.53. The molecule has 0 aromatic heterocycles. The lowest BCUT2D eigenvalue weighted by Crippen LogP contribution is -2.39. The van der Waals surface area contributed by atoms with Gasteiger partial charge in [0.25, 0.3) is 0 Å². The zero-order chi connectivity index (χ0) is 14.3. The summed E-state index contributed by atoms with van der Waals surface area (Å²) >= 11 is 0. The van der Waals surface area contributed by atoms with E-state index in [1.54, 1.807) is 7.05 Å². The van der Waals surface area contributed by atoms with Crippen molar-refractivity contribution in [3.05, 3.63) is 0 Å². The fourth-order valence-corrected chi connectivity index (χ4v) is 1.85. The maximum atomic E-state index is 11.7. The van der Waals surface area contributed by atoms with Crippen LogP contribution in [0.4, 0.5) is 0 Å². The van der Waals surface area contributed by atoms with Gasteiger partial charge in [-0.3, -0.25) is 19.3 Å². The Kier molecular flexibility index (Phi) is 6.44. The molecule has 108 valence electrons. The molecular weight excluding hydrogens is 250 g/mol. The lowest BCUT2D eigenvalue weighted by Gasteiger charge is -2.14. The topological polar surface area (TPSA) is 87.7 Å². The first-order chi connectivity index (χ1) is 9.10. The monoisotopic (exact) mass is 271 g/mol. The van der Waals surface area contributed by atoms with E-state index in [2.05, 4.69) is 10.6 Å². The molecule has 1 aliphatic rings. The molecule has 19 heavy (non-hydrogen) atoms. The van der Waals surface area contributed by atoms with E-state index in [4.69, 9.17) is 4.74 Å². The van der Waals surface area contributed by atoms with Gasteiger partial charge in [0, 0.05) is 26.1 Å². The number of ether oxygens (including phenoxy) is 1. The van der Waals surface area contributed by atoms with Crippen molar-refractivity contribution in [3.8, 4) is 0 Å². The summed E-state index contributed by atoms with van der Waals surface area (Å²) in [6, 6.07) is -0.450. The maximum absolute atomic E-state index is 11.7. The van der Waals surface area contributed by atoms with Gasteiger partial charge in [-0.25, -0.2) is 0 Å². The Hall–Kier alpha value is -1.47. The fraction of sp³-hybridized carbons (Fsp3) is 0.750. The second-order valence-corrected chi connectivity index (χ2v) is 4.23. The van der Waals surface area contributed by atoms with Gasteiger partial charge in [0.15, 0.2) is 0 Å². The van der Waals surface area contributed by atoms with Crippen LogP contribution in [0.2, 0.25) is 0 Å². The van der Waals surface area contributed by atoms with E-state index in [0.717, 1.165) is 4.90 Å². The van der Waals surface area contributed by atoms with Gasteiger partial charge in [-0.15, -0.1) is 0 Å². The van der Waals surface area contributed by atoms with E-state index in [9.17, 15) is 14.4 Å². The molecular formula is C12H21N3O4. The highest BCUT2D eigenvalue weighted by Crippen LogP contribution is 2.12. The second kappa shape index (κ2) is 7.85. The van der Waals surface area contributed by atoms with Crippen LogP contribution in [-0.4, -0.2) is 62.0 Å². The average Bonchev–Trinajstić information content (AvgIpc) is 2.67. The van der Waals surface area contributed by atoms with Gasteiger partial charge in [0.05, 0.1) is 19.1 Å². The van der Waals surface area contributed by atoms with Crippen molar-refractivity contribution in [3.63, 3.8) is 0 Å². The van der Waals surface area contributed by atoms with E-state index in [1.165, 1.54) is 0 Å². The van der Waals surface area contributed by atoms with Gasteiger partial charge >= 0.3 is 0 Å². The number of carbonyl (C=O) groups is 3. The highest BCUT2D eigenvalue weighted by atomic mass is 16.5. The molecule has 0 aliphatic carbocycles. The van der Waals surface area contributed by atoms with Gasteiger partial charge < -0.3 is 15.4 Å². The minimum absolute atomic E-state index is 0.125. The molecule has 1 rings (SSSR count). The standard InChI is InChI=1S/C12H21N3O4/c1-3-19-7-5-14-10(16)4-6-15-11(17)8-9(13-2)12(15)18/h9,13H,3-8H2,1-2H3,(H,14,16). The van der Waals surface area contributed by atoms with Crippen molar-refractivity contribution < 1.29 is 19.1 Å². The summed E-state index contributed by atoms with van der Waals surface area (Å²) in [7, 11) is 1.64. The van der Waals surface area contributed by atoms with Gasteiger partial charge in [-0.2, -0.15) is 0 Å². The predicted molar refractivity (Wildman–Crippen MR) is 68.3 cm³/mol. The Bertz CT molecular complexity index is 346. The largest absolute Gasteiger partial charge is 0.380 e. The van der Waals surface area contributed by atoms with Gasteiger partial charge in [0.2, 0.25) is 17.7 Å². The Morgan fingerprint density at radius 1 is 1.47 bits per heavy atom. The molecule has 7 nitrogen and oxygen atoms in total. The lowest BCUT2D eigenvalue weighted by atomic mass is 10.2. The summed E-state index contributed by atoms with van der Waals surface area (Å²) in [5.74, 6) is -0.672. The molecule has 1 fully saturated rings. The summed E-state index contributed by atoms with van der Waals surface area (Å²) < 4.78 is 5.08. The zero-order valence-corrected chi connectivity index (χ0v) is 11.4. The van der Waals surface area contributed by atoms with Crippen LogP contribution in [0.15, 0.2) is 0 Å². The molecule has 1 aliphatic heterocycles. The molecule has 0 saturated carbocycles. The van der Waals surface area contributed by atoms with E-state index in [1.807, 2.05) is 6.92 Å². The third kappa shape index (κ3) is 4.60. The Labute approximate surface area is 112 Å². The highest BCUT2D eigenvalue weighted by molar-refractivity contribution is 6.05. The molecule has 2 N–H and O–H groups in total. The molecule has 1 atom stereocenters. The molecule has 0 radical (unpaired) electrons. The van der Waals surface area contributed by atoms with Crippen molar-refractivity contribution in [2.45, 2.75) is 25.8 Å². The van der Waals surface area contributed by atoms with Crippen LogP contribution in [0, 0.1) is 0 Å². The molecule has 0 aromatic rings. The number of imide groups is 1. The number of likely N-dealkylation sites (N-methyl/N-ethyl adjacent to an activating group) is 1. The minimum Gasteiger partial charge on any atom is -0.380 e. The van der Waals surface area contributed by atoms with Gasteiger partial charge in [-0.1, -0.05) is 0 Å². The minimum atomic E-state index is -0.450. The van der Waals surface area contributed by atoms with E-state index < -0.39 is 6.04 Å². The number of amides is 3. The summed E-state index contributed by atoms with van der Waals surface area (Å²) in [6.07, 6.45) is 0.293. The molecule has 7 heteroatoms. The predicted octanol–water partition coefficient (Wildman–Crippen LogP) is -1.12. The average molecular weight is 271 g/mol. The number of hydrogen-bond donors (Lipinski definition) is 2. The van der Waals surface area contributed by atoms with E-state index in [0.29, 0.717) is 19.8 Å². The van der Waals surface area contributed by atoms with Crippen molar-refractivity contribution in [2.75, 3.05) is 33.4 Å². The molecule has 3 amide bonds. The van der Waals surface area contributed by atoms with Crippen LogP contribution in [0.25, 0.3) is 0 Å². The van der Waals surface area contributed by atoms with Gasteiger partial charge in [0.1, 0.15) is 0 Å². The lowest BCUT2D eigenvalue weighted by molar-refractivity contribution is -0.139. The number of hydrogen-bond acceptors (Lipinski definition) is 5. The van der Waals surface area contributed by atoms with Crippen molar-refractivity contribution in [1.29, 1.82) is 0 Å². The van der Waals surface area contributed by atoms with Crippen LogP contribution >= 0.6 is 0 Å². The second-order valence-electron chi connectivity index (χ2n) is 4.23. The van der Waals surface area contributed by atoms with E-state index >= 15 is 0 Å². The normalized spacial score (nSPS) is 19.1. The number of rotatable bonds is 8. The Morgan fingerprint density at radius 3 is 2.79 bits per heavy atom. The zero-order valence-electron chi connectivity index (χ0n) is 11.4. The third-order valence-electron chi connectivity index (χ3n) is 2.93. The summed E-state index contributed by atoms with van der Waals surface area (Å²) in [5.41, 5.74) is 0. The highest BCUT2D eigenvalue weighted by Gasteiger charge is 2.37. The van der Waals surface area contributed by atoms with E-state index in [-0.39, 0.29) is 37.1 Å². The molecule has 0 aromatic carbocycles.